The van der Waals surface area contributed by atoms with Crippen LogP contribution in [0.15, 0.2) is 45.5 Å². The molecule has 0 bridgehead atoms. The van der Waals surface area contributed by atoms with Gasteiger partial charge in [-0.15, -0.1) is 0 Å². The molecule has 0 aliphatic carbocycles. The summed E-state index contributed by atoms with van der Waals surface area (Å²) in [6.07, 6.45) is 2.52. The van der Waals surface area contributed by atoms with E-state index in [1.165, 1.54) is 6.07 Å². The molecule has 0 spiro atoms. The molecule has 1 N–H and O–H groups in total. The SMILES string of the molecule is CC(Cc1ccco1)NCc1ccc(F)c(Br)c1. The predicted molar refractivity (Wildman–Crippen MR) is 72.8 cm³/mol. The molecule has 0 aliphatic heterocycles. The Morgan fingerprint density at radius 1 is 1.39 bits per heavy atom. The molecule has 2 aromatic rings. The van der Waals surface area contributed by atoms with Crippen LogP contribution in [-0.4, -0.2) is 6.04 Å². The van der Waals surface area contributed by atoms with Crippen LogP contribution in [0.4, 0.5) is 4.39 Å². The fraction of sp³-hybridized carbons (Fsp3) is 0.286. The lowest BCUT2D eigenvalue weighted by Crippen LogP contribution is -2.27. The fourth-order valence-corrected chi connectivity index (χ4v) is 2.17. The third-order valence-corrected chi connectivity index (χ3v) is 3.33. The van der Waals surface area contributed by atoms with Gasteiger partial charge >= 0.3 is 0 Å². The van der Waals surface area contributed by atoms with E-state index in [0.717, 1.165) is 17.7 Å². The molecule has 0 amide bonds. The number of furan rings is 1. The van der Waals surface area contributed by atoms with Gasteiger partial charge in [-0.3, -0.25) is 0 Å². The maximum atomic E-state index is 13.1. The zero-order valence-electron chi connectivity index (χ0n) is 10.1. The summed E-state index contributed by atoms with van der Waals surface area (Å²) in [6, 6.07) is 9.21. The number of hydrogen-bond acceptors (Lipinski definition) is 2. The van der Waals surface area contributed by atoms with Crippen LogP contribution in [0, 0.1) is 5.82 Å². The molecule has 0 fully saturated rings. The second-order valence-corrected chi connectivity index (χ2v) is 5.17. The van der Waals surface area contributed by atoms with Gasteiger partial charge in [0.2, 0.25) is 0 Å². The Hall–Kier alpha value is -1.13. The fourth-order valence-electron chi connectivity index (χ4n) is 1.74. The molecule has 2 rings (SSSR count). The van der Waals surface area contributed by atoms with Gasteiger partial charge in [-0.05, 0) is 52.7 Å². The Morgan fingerprint density at radius 2 is 2.22 bits per heavy atom. The zero-order valence-corrected chi connectivity index (χ0v) is 11.7. The van der Waals surface area contributed by atoms with Crippen LogP contribution in [0.5, 0.6) is 0 Å². The van der Waals surface area contributed by atoms with Crippen LogP contribution >= 0.6 is 15.9 Å². The lowest BCUT2D eigenvalue weighted by molar-refractivity contribution is 0.456. The largest absolute Gasteiger partial charge is 0.469 e. The number of halogens is 2. The van der Waals surface area contributed by atoms with Gasteiger partial charge in [0, 0.05) is 19.0 Å². The van der Waals surface area contributed by atoms with E-state index in [9.17, 15) is 4.39 Å². The highest BCUT2D eigenvalue weighted by molar-refractivity contribution is 9.10. The van der Waals surface area contributed by atoms with Crippen molar-refractivity contribution in [3.05, 3.63) is 58.2 Å². The molecule has 0 aliphatic rings. The first kappa shape index (κ1) is 13.3. The summed E-state index contributed by atoms with van der Waals surface area (Å²) >= 11 is 3.18. The van der Waals surface area contributed by atoms with Crippen molar-refractivity contribution < 1.29 is 8.81 Å². The van der Waals surface area contributed by atoms with Crippen molar-refractivity contribution >= 4 is 15.9 Å². The molecule has 4 heteroatoms. The van der Waals surface area contributed by atoms with Gasteiger partial charge in [0.25, 0.3) is 0 Å². The zero-order chi connectivity index (χ0) is 13.0. The van der Waals surface area contributed by atoms with E-state index >= 15 is 0 Å². The first-order valence-electron chi connectivity index (χ1n) is 5.85. The van der Waals surface area contributed by atoms with Crippen molar-refractivity contribution in [2.24, 2.45) is 0 Å². The minimum absolute atomic E-state index is 0.234. The first-order chi connectivity index (χ1) is 8.65. The van der Waals surface area contributed by atoms with Gasteiger partial charge in [0.1, 0.15) is 11.6 Å². The summed E-state index contributed by atoms with van der Waals surface area (Å²) in [6.45, 7) is 2.81. The lowest BCUT2D eigenvalue weighted by atomic mass is 10.1. The quantitative estimate of drug-likeness (QED) is 0.906. The number of benzene rings is 1. The Balaban J connectivity index is 1.85. The van der Waals surface area contributed by atoms with Gasteiger partial charge in [-0.1, -0.05) is 6.07 Å². The van der Waals surface area contributed by atoms with E-state index < -0.39 is 0 Å². The summed E-state index contributed by atoms with van der Waals surface area (Å²) in [5.41, 5.74) is 1.05. The van der Waals surface area contributed by atoms with E-state index in [0.29, 0.717) is 17.1 Å². The van der Waals surface area contributed by atoms with Gasteiger partial charge in [-0.2, -0.15) is 0 Å². The van der Waals surface area contributed by atoms with Crippen LogP contribution in [0.25, 0.3) is 0 Å². The van der Waals surface area contributed by atoms with Crippen molar-refractivity contribution in [3.63, 3.8) is 0 Å². The van der Waals surface area contributed by atoms with Crippen molar-refractivity contribution in [2.75, 3.05) is 0 Å². The maximum absolute atomic E-state index is 13.1. The normalized spacial score (nSPS) is 12.6. The summed E-state index contributed by atoms with van der Waals surface area (Å²) in [5.74, 6) is 0.734. The Morgan fingerprint density at radius 3 is 2.89 bits per heavy atom. The van der Waals surface area contributed by atoms with E-state index in [-0.39, 0.29) is 5.82 Å². The van der Waals surface area contributed by atoms with E-state index in [1.807, 2.05) is 12.1 Å². The number of hydrogen-bond donors (Lipinski definition) is 1. The van der Waals surface area contributed by atoms with Crippen LogP contribution in [0.1, 0.15) is 18.2 Å². The van der Waals surface area contributed by atoms with E-state index in [2.05, 4.69) is 28.2 Å². The molecule has 96 valence electrons. The average molecular weight is 312 g/mol. The Bertz CT molecular complexity index is 499. The molecule has 0 saturated heterocycles. The molecule has 1 heterocycles. The van der Waals surface area contributed by atoms with Gasteiger partial charge in [-0.25, -0.2) is 4.39 Å². The maximum Gasteiger partial charge on any atom is 0.137 e. The van der Waals surface area contributed by atoms with Gasteiger partial charge < -0.3 is 9.73 Å². The summed E-state index contributed by atoms with van der Waals surface area (Å²) in [5, 5.41) is 3.38. The highest BCUT2D eigenvalue weighted by atomic mass is 79.9. The van der Waals surface area contributed by atoms with Crippen molar-refractivity contribution in [2.45, 2.75) is 25.9 Å². The topological polar surface area (TPSA) is 25.2 Å². The molecule has 1 unspecified atom stereocenters. The first-order valence-corrected chi connectivity index (χ1v) is 6.64. The average Bonchev–Trinajstić information content (AvgIpc) is 2.83. The minimum Gasteiger partial charge on any atom is -0.469 e. The molecular weight excluding hydrogens is 297 g/mol. The molecule has 1 aromatic carbocycles. The number of nitrogens with one attached hydrogen (secondary N) is 1. The summed E-state index contributed by atoms with van der Waals surface area (Å²) in [7, 11) is 0. The molecule has 1 aromatic heterocycles. The number of rotatable bonds is 5. The van der Waals surface area contributed by atoms with Crippen LogP contribution in [0.2, 0.25) is 0 Å². The molecule has 2 nitrogen and oxygen atoms in total. The second-order valence-electron chi connectivity index (χ2n) is 4.31. The molecule has 18 heavy (non-hydrogen) atoms. The van der Waals surface area contributed by atoms with Crippen molar-refractivity contribution in [3.8, 4) is 0 Å². The third-order valence-electron chi connectivity index (χ3n) is 2.73. The van der Waals surface area contributed by atoms with Gasteiger partial charge in [0.15, 0.2) is 0 Å². The minimum atomic E-state index is -0.234. The standard InChI is InChI=1S/C14H15BrFNO/c1-10(7-12-3-2-6-18-12)17-9-11-4-5-14(16)13(15)8-11/h2-6,8,10,17H,7,9H2,1H3. The predicted octanol–water partition coefficient (Wildman–Crippen LogP) is 3.90. The summed E-state index contributed by atoms with van der Waals surface area (Å²) < 4.78 is 18.9. The van der Waals surface area contributed by atoms with Crippen LogP contribution in [0.3, 0.4) is 0 Å². The smallest absolute Gasteiger partial charge is 0.137 e. The lowest BCUT2D eigenvalue weighted by Gasteiger charge is -2.12. The van der Waals surface area contributed by atoms with Crippen molar-refractivity contribution in [1.82, 2.24) is 5.32 Å². The van der Waals surface area contributed by atoms with Crippen LogP contribution < -0.4 is 5.32 Å². The molecule has 0 radical (unpaired) electrons. The van der Waals surface area contributed by atoms with Crippen molar-refractivity contribution in [1.29, 1.82) is 0 Å². The second kappa shape index (κ2) is 6.16. The Labute approximate surface area is 114 Å². The van der Waals surface area contributed by atoms with Crippen LogP contribution in [-0.2, 0) is 13.0 Å². The highest BCUT2D eigenvalue weighted by Crippen LogP contribution is 2.16. The van der Waals surface area contributed by atoms with E-state index in [1.54, 1.807) is 18.4 Å². The Kier molecular flexibility index (Phi) is 4.55. The summed E-state index contributed by atoms with van der Waals surface area (Å²) in [4.78, 5) is 0. The molecular formula is C14H15BrFNO. The van der Waals surface area contributed by atoms with Gasteiger partial charge in [0.05, 0.1) is 10.7 Å². The van der Waals surface area contributed by atoms with E-state index in [4.69, 9.17) is 4.42 Å². The third kappa shape index (κ3) is 3.68. The molecule has 0 saturated carbocycles. The molecule has 1 atom stereocenters. The monoisotopic (exact) mass is 311 g/mol. The highest BCUT2D eigenvalue weighted by Gasteiger charge is 2.06.